The Kier molecular flexibility index (Phi) is 4.89. The van der Waals surface area contributed by atoms with Crippen molar-refractivity contribution in [3.05, 3.63) is 46.2 Å². The highest BCUT2D eigenvalue weighted by Crippen LogP contribution is 2.34. The van der Waals surface area contributed by atoms with E-state index in [1.165, 1.54) is 4.88 Å². The predicted octanol–water partition coefficient (Wildman–Crippen LogP) is 2.80. The summed E-state index contributed by atoms with van der Waals surface area (Å²) in [7, 11) is 0. The average molecular weight is 345 g/mol. The summed E-state index contributed by atoms with van der Waals surface area (Å²) in [6.07, 6.45) is 4.35. The van der Waals surface area contributed by atoms with Crippen molar-refractivity contribution in [1.82, 2.24) is 14.9 Å². The van der Waals surface area contributed by atoms with Crippen LogP contribution in [0.1, 0.15) is 29.1 Å². The van der Waals surface area contributed by atoms with E-state index < -0.39 is 0 Å². The van der Waals surface area contributed by atoms with Crippen LogP contribution in [0.2, 0.25) is 0 Å². The Hall–Kier alpha value is -1.34. The van der Waals surface area contributed by atoms with E-state index in [1.807, 2.05) is 29.9 Å². The van der Waals surface area contributed by atoms with Gasteiger partial charge in [-0.3, -0.25) is 9.88 Å². The Bertz CT molecular complexity index is 663. The van der Waals surface area contributed by atoms with Crippen LogP contribution >= 0.6 is 11.3 Å². The molecule has 4 rings (SSSR count). The van der Waals surface area contributed by atoms with Crippen molar-refractivity contribution in [1.29, 1.82) is 0 Å². The molecule has 2 aromatic heterocycles. The Morgan fingerprint density at radius 3 is 3.08 bits per heavy atom. The summed E-state index contributed by atoms with van der Waals surface area (Å²) in [6.45, 7) is 5.41. The minimum absolute atomic E-state index is 0.169. The summed E-state index contributed by atoms with van der Waals surface area (Å²) in [5, 5.41) is 0. The highest BCUT2D eigenvalue weighted by molar-refractivity contribution is 7.09. The first-order valence-corrected chi connectivity index (χ1v) is 9.45. The fourth-order valence-electron chi connectivity index (χ4n) is 3.70. The second kappa shape index (κ2) is 7.27. The van der Waals surface area contributed by atoms with Gasteiger partial charge in [0.1, 0.15) is 0 Å². The average Bonchev–Trinajstić information content (AvgIpc) is 3.21. The van der Waals surface area contributed by atoms with E-state index >= 15 is 0 Å². The molecule has 3 atom stereocenters. The minimum atomic E-state index is 0.169. The third-order valence-electron chi connectivity index (χ3n) is 5.01. The number of nitrogens with zero attached hydrogens (tertiary/aromatic N) is 3. The summed E-state index contributed by atoms with van der Waals surface area (Å²) in [4.78, 5) is 12.6. The number of aryl methyl sites for hydroxylation is 1. The predicted molar refractivity (Wildman–Crippen MR) is 92.8 cm³/mol. The molecule has 5 nitrogen and oxygen atoms in total. The molecule has 2 aromatic rings. The van der Waals surface area contributed by atoms with Gasteiger partial charge in [0.25, 0.3) is 0 Å². The standard InChI is InChI=1S/C18H23N3O2S/c1-13-17(24-12-20-13)10-21-8-9-22-18-15(21)5-6-16(18)23-11-14-4-2-3-7-19-14/h2-4,7,12,15-16,18H,5-6,8-11H2,1H3/t15-,16+,18+/m0/s1. The van der Waals surface area contributed by atoms with Gasteiger partial charge in [0.05, 0.1) is 42.3 Å². The lowest BCUT2D eigenvalue weighted by molar-refractivity contribution is -0.118. The molecule has 6 heteroatoms. The number of morpholine rings is 1. The van der Waals surface area contributed by atoms with Gasteiger partial charge in [-0.05, 0) is 31.9 Å². The van der Waals surface area contributed by atoms with Crippen LogP contribution in [0.15, 0.2) is 29.9 Å². The number of fused-ring (bicyclic) bond motifs is 1. The number of thiazole rings is 1. The van der Waals surface area contributed by atoms with Gasteiger partial charge in [-0.25, -0.2) is 4.98 Å². The smallest absolute Gasteiger partial charge is 0.0992 e. The Morgan fingerprint density at radius 1 is 1.33 bits per heavy atom. The molecule has 0 bridgehead atoms. The van der Waals surface area contributed by atoms with Crippen LogP contribution in [0.3, 0.4) is 0 Å². The summed E-state index contributed by atoms with van der Waals surface area (Å²) in [6, 6.07) is 6.39. The van der Waals surface area contributed by atoms with Gasteiger partial charge < -0.3 is 9.47 Å². The Balaban J connectivity index is 1.38. The van der Waals surface area contributed by atoms with Gasteiger partial charge in [-0.1, -0.05) is 6.07 Å². The van der Waals surface area contributed by atoms with Crippen LogP contribution < -0.4 is 0 Å². The number of hydrogen-bond acceptors (Lipinski definition) is 6. The summed E-state index contributed by atoms with van der Waals surface area (Å²) in [5.41, 5.74) is 4.08. The van der Waals surface area contributed by atoms with Crippen molar-refractivity contribution in [2.45, 2.75) is 51.2 Å². The van der Waals surface area contributed by atoms with Gasteiger partial charge in [0.15, 0.2) is 0 Å². The fraction of sp³-hybridized carbons (Fsp3) is 0.556. The second-order valence-electron chi connectivity index (χ2n) is 6.48. The van der Waals surface area contributed by atoms with Gasteiger partial charge in [0, 0.05) is 30.2 Å². The van der Waals surface area contributed by atoms with E-state index in [0.29, 0.717) is 12.6 Å². The molecular weight excluding hydrogens is 322 g/mol. The van der Waals surface area contributed by atoms with E-state index in [0.717, 1.165) is 43.9 Å². The van der Waals surface area contributed by atoms with Crippen LogP contribution in [0.4, 0.5) is 0 Å². The number of rotatable bonds is 5. The Labute approximate surface area is 146 Å². The Morgan fingerprint density at radius 2 is 2.29 bits per heavy atom. The van der Waals surface area contributed by atoms with Gasteiger partial charge in [0.2, 0.25) is 0 Å². The zero-order valence-corrected chi connectivity index (χ0v) is 14.7. The van der Waals surface area contributed by atoms with E-state index in [-0.39, 0.29) is 12.2 Å². The van der Waals surface area contributed by atoms with Gasteiger partial charge in [-0.2, -0.15) is 0 Å². The summed E-state index contributed by atoms with van der Waals surface area (Å²) < 4.78 is 12.2. The number of ether oxygens (including phenoxy) is 2. The lowest BCUT2D eigenvalue weighted by atomic mass is 10.1. The molecule has 0 N–H and O–H groups in total. The molecule has 128 valence electrons. The molecule has 1 saturated heterocycles. The minimum Gasteiger partial charge on any atom is -0.373 e. The highest BCUT2D eigenvalue weighted by atomic mass is 32.1. The quantitative estimate of drug-likeness (QED) is 0.834. The SMILES string of the molecule is Cc1ncsc1CN1CCO[C@H]2[C@H](OCc3ccccn3)CC[C@@H]21. The van der Waals surface area contributed by atoms with E-state index in [1.54, 1.807) is 11.3 Å². The highest BCUT2D eigenvalue weighted by Gasteiger charge is 2.43. The van der Waals surface area contributed by atoms with Crippen LogP contribution in [-0.2, 0) is 22.6 Å². The van der Waals surface area contributed by atoms with Crippen LogP contribution in [0, 0.1) is 6.92 Å². The molecule has 1 aliphatic carbocycles. The summed E-state index contributed by atoms with van der Waals surface area (Å²) >= 11 is 1.75. The molecule has 0 radical (unpaired) electrons. The van der Waals surface area contributed by atoms with Crippen molar-refractivity contribution >= 4 is 11.3 Å². The van der Waals surface area contributed by atoms with Crippen molar-refractivity contribution in [3.8, 4) is 0 Å². The third-order valence-corrected chi connectivity index (χ3v) is 5.93. The molecule has 0 spiro atoms. The molecule has 1 aliphatic heterocycles. The fourth-order valence-corrected chi connectivity index (χ4v) is 4.51. The molecule has 24 heavy (non-hydrogen) atoms. The largest absolute Gasteiger partial charge is 0.373 e. The maximum absolute atomic E-state index is 6.14. The maximum Gasteiger partial charge on any atom is 0.0992 e. The van der Waals surface area contributed by atoms with Crippen molar-refractivity contribution in [2.24, 2.45) is 0 Å². The summed E-state index contributed by atoms with van der Waals surface area (Å²) in [5.74, 6) is 0. The first-order chi connectivity index (χ1) is 11.8. The van der Waals surface area contributed by atoms with E-state index in [9.17, 15) is 0 Å². The molecule has 1 saturated carbocycles. The van der Waals surface area contributed by atoms with Gasteiger partial charge in [-0.15, -0.1) is 11.3 Å². The van der Waals surface area contributed by atoms with Crippen molar-refractivity contribution < 1.29 is 9.47 Å². The molecule has 0 unspecified atom stereocenters. The van der Waals surface area contributed by atoms with Crippen molar-refractivity contribution in [3.63, 3.8) is 0 Å². The lowest BCUT2D eigenvalue weighted by Gasteiger charge is -2.38. The normalized spacial score (nSPS) is 27.3. The number of aromatic nitrogens is 2. The molecule has 2 aliphatic rings. The molecular formula is C18H23N3O2S. The second-order valence-corrected chi connectivity index (χ2v) is 7.42. The molecule has 0 aromatic carbocycles. The zero-order valence-electron chi connectivity index (χ0n) is 13.9. The van der Waals surface area contributed by atoms with Crippen LogP contribution in [0.25, 0.3) is 0 Å². The van der Waals surface area contributed by atoms with Crippen LogP contribution in [0.5, 0.6) is 0 Å². The number of hydrogen-bond donors (Lipinski definition) is 0. The topological polar surface area (TPSA) is 47.5 Å². The lowest BCUT2D eigenvalue weighted by Crippen LogP contribution is -2.51. The zero-order chi connectivity index (χ0) is 16.4. The van der Waals surface area contributed by atoms with Crippen molar-refractivity contribution in [2.75, 3.05) is 13.2 Å². The first-order valence-electron chi connectivity index (χ1n) is 8.57. The van der Waals surface area contributed by atoms with E-state index in [2.05, 4.69) is 21.8 Å². The molecule has 0 amide bonds. The van der Waals surface area contributed by atoms with Gasteiger partial charge >= 0.3 is 0 Å². The molecule has 3 heterocycles. The van der Waals surface area contributed by atoms with Crippen LogP contribution in [-0.4, -0.2) is 46.3 Å². The maximum atomic E-state index is 6.14. The first kappa shape index (κ1) is 16.1. The number of pyridine rings is 1. The molecule has 2 fully saturated rings. The monoisotopic (exact) mass is 345 g/mol. The van der Waals surface area contributed by atoms with E-state index in [4.69, 9.17) is 9.47 Å². The third kappa shape index (κ3) is 3.37.